The first-order valence-corrected chi connectivity index (χ1v) is 9.09. The SMILES string of the molecule is CN(Cc1ncc[nH]1)C(=O)[C@H]1[C@@H]2C=C[C@@]3(CN(CC(C)(C)C)C(=O)[C@@H]13)O2. The molecule has 4 rings (SSSR count). The van der Waals surface area contributed by atoms with Gasteiger partial charge in [-0.15, -0.1) is 0 Å². The van der Waals surface area contributed by atoms with Gasteiger partial charge in [0.2, 0.25) is 11.8 Å². The average molecular weight is 358 g/mol. The number of nitrogens with zero attached hydrogens (tertiary/aromatic N) is 3. The Morgan fingerprint density at radius 2 is 2.27 bits per heavy atom. The van der Waals surface area contributed by atoms with E-state index in [0.717, 1.165) is 5.82 Å². The number of aromatic amines is 1. The standard InChI is InChI=1S/C19H26N4O3/c1-18(2,3)10-23-11-19-6-5-12(26-19)14(15(19)17(23)25)16(24)22(4)9-13-20-7-8-21-13/h5-8,12,14-15H,9-11H2,1-4H3,(H,20,21)/t12-,14-,15+,19-/m0/s1. The molecule has 7 nitrogen and oxygen atoms in total. The summed E-state index contributed by atoms with van der Waals surface area (Å²) in [7, 11) is 1.75. The third kappa shape index (κ3) is 2.65. The van der Waals surface area contributed by atoms with Crippen molar-refractivity contribution >= 4 is 11.8 Å². The molecule has 1 aromatic rings. The van der Waals surface area contributed by atoms with Crippen molar-refractivity contribution in [3.63, 3.8) is 0 Å². The van der Waals surface area contributed by atoms with Crippen molar-refractivity contribution < 1.29 is 14.3 Å². The summed E-state index contributed by atoms with van der Waals surface area (Å²) in [6, 6.07) is 0. The van der Waals surface area contributed by atoms with Crippen molar-refractivity contribution in [2.45, 2.75) is 39.0 Å². The number of imidazole rings is 1. The molecular formula is C19H26N4O3. The van der Waals surface area contributed by atoms with E-state index in [-0.39, 0.29) is 23.3 Å². The van der Waals surface area contributed by atoms with E-state index < -0.39 is 17.4 Å². The van der Waals surface area contributed by atoms with E-state index in [9.17, 15) is 9.59 Å². The van der Waals surface area contributed by atoms with E-state index in [1.165, 1.54) is 0 Å². The van der Waals surface area contributed by atoms with Crippen LogP contribution in [0, 0.1) is 17.3 Å². The highest BCUT2D eigenvalue weighted by atomic mass is 16.5. The quantitative estimate of drug-likeness (QED) is 0.821. The number of nitrogens with one attached hydrogen (secondary N) is 1. The summed E-state index contributed by atoms with van der Waals surface area (Å²) >= 11 is 0. The third-order valence-electron chi connectivity index (χ3n) is 5.45. The maximum Gasteiger partial charge on any atom is 0.230 e. The Morgan fingerprint density at radius 3 is 2.92 bits per heavy atom. The van der Waals surface area contributed by atoms with Gasteiger partial charge in [0.15, 0.2) is 0 Å². The second kappa shape index (κ2) is 5.67. The molecule has 3 aliphatic heterocycles. The van der Waals surface area contributed by atoms with Crippen molar-refractivity contribution in [2.75, 3.05) is 20.1 Å². The monoisotopic (exact) mass is 358 g/mol. The molecule has 140 valence electrons. The topological polar surface area (TPSA) is 78.5 Å². The van der Waals surface area contributed by atoms with Gasteiger partial charge >= 0.3 is 0 Å². The number of likely N-dealkylation sites (tertiary alicyclic amines) is 1. The smallest absolute Gasteiger partial charge is 0.230 e. The third-order valence-corrected chi connectivity index (χ3v) is 5.45. The largest absolute Gasteiger partial charge is 0.360 e. The first-order chi connectivity index (χ1) is 12.2. The zero-order valence-electron chi connectivity index (χ0n) is 15.7. The van der Waals surface area contributed by atoms with Gasteiger partial charge in [0.25, 0.3) is 0 Å². The molecular weight excluding hydrogens is 332 g/mol. The number of hydrogen-bond donors (Lipinski definition) is 1. The minimum absolute atomic E-state index is 0.00222. The predicted octanol–water partition coefficient (Wildman–Crippen LogP) is 1.20. The van der Waals surface area contributed by atoms with Gasteiger partial charge in [0, 0.05) is 26.0 Å². The number of fused-ring (bicyclic) bond motifs is 1. The minimum Gasteiger partial charge on any atom is -0.360 e. The molecule has 0 saturated carbocycles. The molecule has 0 aliphatic carbocycles. The van der Waals surface area contributed by atoms with Gasteiger partial charge in [-0.05, 0) is 5.41 Å². The van der Waals surface area contributed by atoms with Crippen molar-refractivity contribution in [3.8, 4) is 0 Å². The zero-order chi connectivity index (χ0) is 18.7. The van der Waals surface area contributed by atoms with E-state index in [4.69, 9.17) is 4.74 Å². The Morgan fingerprint density at radius 1 is 1.50 bits per heavy atom. The maximum atomic E-state index is 13.1. The molecule has 4 heterocycles. The van der Waals surface area contributed by atoms with Crippen LogP contribution in [0.2, 0.25) is 0 Å². The fourth-order valence-electron chi connectivity index (χ4n) is 4.51. The Kier molecular flexibility index (Phi) is 3.77. The minimum atomic E-state index is -0.640. The highest BCUT2D eigenvalue weighted by molar-refractivity contribution is 5.93. The summed E-state index contributed by atoms with van der Waals surface area (Å²) in [6.07, 6.45) is 7.04. The number of carbonyl (C=O) groups excluding carboxylic acids is 2. The van der Waals surface area contributed by atoms with Crippen LogP contribution in [0.5, 0.6) is 0 Å². The van der Waals surface area contributed by atoms with Crippen LogP contribution in [0.3, 0.4) is 0 Å². The second-order valence-corrected chi connectivity index (χ2v) is 8.89. The zero-order valence-corrected chi connectivity index (χ0v) is 15.7. The van der Waals surface area contributed by atoms with Crippen LogP contribution in [0.15, 0.2) is 24.5 Å². The maximum absolute atomic E-state index is 13.1. The Hall–Kier alpha value is -2.15. The Labute approximate surface area is 153 Å². The Bertz CT molecular complexity index is 751. The van der Waals surface area contributed by atoms with Gasteiger partial charge < -0.3 is 19.5 Å². The summed E-state index contributed by atoms with van der Waals surface area (Å²) in [5.41, 5.74) is -0.638. The van der Waals surface area contributed by atoms with Crippen LogP contribution in [0.25, 0.3) is 0 Å². The number of amides is 2. The van der Waals surface area contributed by atoms with E-state index in [0.29, 0.717) is 19.6 Å². The number of rotatable bonds is 4. The molecule has 0 unspecified atom stereocenters. The molecule has 2 fully saturated rings. The van der Waals surface area contributed by atoms with Gasteiger partial charge in [-0.2, -0.15) is 0 Å². The molecule has 2 saturated heterocycles. The summed E-state index contributed by atoms with van der Waals surface area (Å²) < 4.78 is 6.17. The highest BCUT2D eigenvalue weighted by Gasteiger charge is 2.67. The van der Waals surface area contributed by atoms with E-state index >= 15 is 0 Å². The number of aromatic nitrogens is 2. The van der Waals surface area contributed by atoms with Crippen LogP contribution in [0.1, 0.15) is 26.6 Å². The van der Waals surface area contributed by atoms with E-state index in [1.807, 2.05) is 17.1 Å². The first-order valence-electron chi connectivity index (χ1n) is 9.09. The summed E-state index contributed by atoms with van der Waals surface area (Å²) in [6.45, 7) is 7.92. The number of hydrogen-bond acceptors (Lipinski definition) is 4. The fraction of sp³-hybridized carbons (Fsp3) is 0.632. The van der Waals surface area contributed by atoms with Crippen LogP contribution >= 0.6 is 0 Å². The molecule has 1 aromatic heterocycles. The first kappa shape index (κ1) is 17.3. The van der Waals surface area contributed by atoms with Crippen molar-refractivity contribution in [1.82, 2.24) is 19.8 Å². The summed E-state index contributed by atoms with van der Waals surface area (Å²) in [5.74, 6) is -0.184. The van der Waals surface area contributed by atoms with Gasteiger partial charge in [0.05, 0.1) is 31.0 Å². The molecule has 7 heteroatoms. The molecule has 2 amide bonds. The predicted molar refractivity (Wildman–Crippen MR) is 94.8 cm³/mol. The fourth-order valence-corrected chi connectivity index (χ4v) is 4.51. The molecule has 26 heavy (non-hydrogen) atoms. The highest BCUT2D eigenvalue weighted by Crippen LogP contribution is 2.52. The van der Waals surface area contributed by atoms with Gasteiger partial charge in [-0.1, -0.05) is 32.9 Å². The van der Waals surface area contributed by atoms with Gasteiger partial charge in [0.1, 0.15) is 11.4 Å². The number of carbonyl (C=O) groups is 2. The summed E-state index contributed by atoms with van der Waals surface area (Å²) in [4.78, 5) is 36.9. The van der Waals surface area contributed by atoms with Crippen LogP contribution < -0.4 is 0 Å². The molecule has 4 atom stereocenters. The average Bonchev–Trinajstić information content (AvgIpc) is 3.29. The van der Waals surface area contributed by atoms with Crippen molar-refractivity contribution in [3.05, 3.63) is 30.4 Å². The number of ether oxygens (including phenoxy) is 1. The summed E-state index contributed by atoms with van der Waals surface area (Å²) in [5, 5.41) is 0. The Balaban J connectivity index is 1.56. The molecule has 0 radical (unpaired) electrons. The number of H-pyrrole nitrogens is 1. The van der Waals surface area contributed by atoms with Crippen LogP contribution in [-0.2, 0) is 20.9 Å². The van der Waals surface area contributed by atoms with Gasteiger partial charge in [-0.3, -0.25) is 9.59 Å². The molecule has 1 spiro atoms. The lowest BCUT2D eigenvalue weighted by atomic mass is 9.76. The van der Waals surface area contributed by atoms with Crippen LogP contribution in [0.4, 0.5) is 0 Å². The van der Waals surface area contributed by atoms with E-state index in [2.05, 4.69) is 30.7 Å². The van der Waals surface area contributed by atoms with E-state index in [1.54, 1.807) is 24.3 Å². The molecule has 2 bridgehead atoms. The van der Waals surface area contributed by atoms with Crippen LogP contribution in [-0.4, -0.2) is 63.4 Å². The van der Waals surface area contributed by atoms with Crippen molar-refractivity contribution in [1.29, 1.82) is 0 Å². The lowest BCUT2D eigenvalue weighted by molar-refractivity contribution is -0.143. The molecule has 3 aliphatic rings. The van der Waals surface area contributed by atoms with Crippen molar-refractivity contribution in [2.24, 2.45) is 17.3 Å². The lowest BCUT2D eigenvalue weighted by Gasteiger charge is -2.29. The normalized spacial score (nSPS) is 32.4. The van der Waals surface area contributed by atoms with Gasteiger partial charge in [-0.25, -0.2) is 4.98 Å². The molecule has 0 aromatic carbocycles. The lowest BCUT2D eigenvalue weighted by Crippen LogP contribution is -2.45. The molecule has 1 N–H and O–H groups in total. The second-order valence-electron chi connectivity index (χ2n) is 8.89.